The Hall–Kier alpha value is 3.04. The molecule has 0 saturated heterocycles. The second-order valence-electron chi connectivity index (χ2n) is 12.6. The van der Waals surface area contributed by atoms with Crippen molar-refractivity contribution in [3.05, 3.63) is 0 Å². The predicted molar refractivity (Wildman–Crippen MR) is 204 cm³/mol. The number of hydrogen-bond donors (Lipinski definition) is 0. The van der Waals surface area contributed by atoms with E-state index in [0.29, 0.717) is 0 Å². The van der Waals surface area contributed by atoms with Crippen molar-refractivity contribution in [3.63, 3.8) is 0 Å². The summed E-state index contributed by atoms with van der Waals surface area (Å²) in [6, 6.07) is 0. The van der Waals surface area contributed by atoms with Crippen molar-refractivity contribution in [3.8, 4) is 0 Å². The molecule has 0 aliphatic rings. The molecule has 0 aromatic heterocycles. The van der Waals surface area contributed by atoms with Crippen molar-refractivity contribution in [1.82, 2.24) is 0 Å². The van der Waals surface area contributed by atoms with Crippen LogP contribution in [-0.4, -0.2) is 112 Å². The third-order valence-corrected chi connectivity index (χ3v) is 31.5. The Morgan fingerprint density at radius 3 is 0.314 bits per heavy atom. The van der Waals surface area contributed by atoms with Crippen LogP contribution in [0.25, 0.3) is 0 Å². The second-order valence-corrected chi connectivity index (χ2v) is 52.9. The van der Waals surface area contributed by atoms with Crippen LogP contribution in [0.15, 0.2) is 0 Å². The van der Waals surface area contributed by atoms with Gasteiger partial charge in [0.2, 0.25) is 0 Å². The van der Waals surface area contributed by atoms with Crippen molar-refractivity contribution >= 4 is 112 Å². The van der Waals surface area contributed by atoms with Gasteiger partial charge >= 0.3 is 0 Å². The summed E-state index contributed by atoms with van der Waals surface area (Å²) < 4.78 is 0. The first kappa shape index (κ1) is 61.9. The first-order valence-corrected chi connectivity index (χ1v) is 40.5. The Kier molecular flexibility index (Phi) is 77.9. The number of hydrogen-bond acceptors (Lipinski definition) is 0. The molecule has 0 nitrogen and oxygen atoms in total. The standard InChI is InChI=1S/C6H18Si3.6C3H9Si.2Ge/c1-7(2)9(5,6)8(3)4;6*1-4(2)3;;/h1-6H3;6*1-3H3;;. The summed E-state index contributed by atoms with van der Waals surface area (Å²) in [5.41, 5.74) is 0. The van der Waals surface area contributed by atoms with E-state index in [4.69, 9.17) is 0 Å². The molecule has 35 heavy (non-hydrogen) atoms. The van der Waals surface area contributed by atoms with Gasteiger partial charge in [0, 0.05) is 112 Å². The molecule has 11 heteroatoms. The van der Waals surface area contributed by atoms with Gasteiger partial charge in [-0.05, 0) is 0 Å². The van der Waals surface area contributed by atoms with E-state index in [0.717, 1.165) is 0 Å². The Morgan fingerprint density at radius 1 is 0.257 bits per heavy atom. The third-order valence-electron chi connectivity index (χ3n) is 2.50. The van der Waals surface area contributed by atoms with Crippen LogP contribution in [0.1, 0.15) is 0 Å². The Bertz CT molecular complexity index is 240. The summed E-state index contributed by atoms with van der Waals surface area (Å²) in [5, 5.41) is 0. The predicted octanol–water partition coefficient (Wildman–Crippen LogP) is 9.82. The zero-order valence-corrected chi connectivity index (χ0v) is 42.7. The SMILES string of the molecule is C[Si](C)C.C[Si](C)C.C[Si](C)C.C[Si](C)C.C[Si](C)C.C[Si](C)C.C[Si](C)[Si](C)(C)[Si](C)C.[Ge].[Ge]. The average Bonchev–Trinajstić information content (AvgIpc) is 2.42. The Morgan fingerprint density at radius 2 is 0.314 bits per heavy atom. The molecule has 0 aliphatic carbocycles. The van der Waals surface area contributed by atoms with Crippen molar-refractivity contribution in [1.29, 1.82) is 0 Å². The minimum Gasteiger partial charge on any atom is -0.0735 e. The maximum absolute atomic E-state index is 2.57. The van der Waals surface area contributed by atoms with E-state index in [1.165, 1.54) is 0 Å². The Labute approximate surface area is 266 Å². The molecule has 0 aliphatic heterocycles. The summed E-state index contributed by atoms with van der Waals surface area (Å²) in [5.74, 6) is 0. The van der Waals surface area contributed by atoms with Crippen molar-refractivity contribution in [2.24, 2.45) is 0 Å². The van der Waals surface area contributed by atoms with E-state index < -0.39 is 7.11 Å². The fraction of sp³-hybridized carbons (Fsp3) is 1.00. The van der Waals surface area contributed by atoms with Crippen LogP contribution < -0.4 is 0 Å². The number of rotatable bonds is 2. The van der Waals surface area contributed by atoms with Crippen LogP contribution in [0.4, 0.5) is 0 Å². The molecule has 0 unspecified atom stereocenters. The zero-order valence-electron chi connectivity index (χ0n) is 29.5. The van der Waals surface area contributed by atoms with E-state index in [1.807, 2.05) is 0 Å². The molecule has 16 radical (unpaired) electrons. The molecule has 0 atom stereocenters. The topological polar surface area (TPSA) is 0 Å². The normalized spacial score (nSPS) is 9.60. The largest absolute Gasteiger partial charge is 0.0735 e. The summed E-state index contributed by atoms with van der Waals surface area (Å²) in [6.45, 7) is 55.9. The summed E-state index contributed by atoms with van der Waals surface area (Å²) in [7, 11) is 0.216. The fourth-order valence-corrected chi connectivity index (χ4v) is 13.5. The molecule has 0 fully saturated rings. The molecular weight excluding hydrogens is 686 g/mol. The van der Waals surface area contributed by atoms with Gasteiger partial charge in [-0.15, -0.1) is 0 Å². The van der Waals surface area contributed by atoms with Gasteiger partial charge in [0.1, 0.15) is 0 Å². The van der Waals surface area contributed by atoms with E-state index >= 15 is 0 Å². The van der Waals surface area contributed by atoms with Crippen LogP contribution in [0.5, 0.6) is 0 Å². The molecule has 0 aromatic carbocycles. The molecule has 212 valence electrons. The van der Waals surface area contributed by atoms with Crippen molar-refractivity contribution < 1.29 is 0 Å². The molecule has 0 N–H and O–H groups in total. The quantitative estimate of drug-likeness (QED) is 0.246. The van der Waals surface area contributed by atoms with Crippen LogP contribution in [0.3, 0.4) is 0 Å². The Balaban J connectivity index is -0.0000000330. The monoisotopic (exact) mass is 760 g/mol. The van der Waals surface area contributed by atoms with E-state index in [-0.39, 0.29) is 105 Å². The van der Waals surface area contributed by atoms with Gasteiger partial charge in [-0.2, -0.15) is 0 Å². The van der Waals surface area contributed by atoms with Gasteiger partial charge in [-0.1, -0.05) is 157 Å². The van der Waals surface area contributed by atoms with Gasteiger partial charge in [0.15, 0.2) is 0 Å². The first-order chi connectivity index (χ1) is 14.3. The first-order valence-electron chi connectivity index (χ1n) is 12.5. The van der Waals surface area contributed by atoms with E-state index in [2.05, 4.69) is 157 Å². The van der Waals surface area contributed by atoms with E-state index in [1.54, 1.807) is 0 Å². The molecule has 0 saturated carbocycles. The minimum absolute atomic E-state index is 0. The molecule has 0 bridgehead atoms. The van der Waals surface area contributed by atoms with Gasteiger partial charge in [-0.25, -0.2) is 0 Å². The molecular formula is C24H72Ge2Si9. The minimum atomic E-state index is -0.654. The van der Waals surface area contributed by atoms with Crippen LogP contribution in [0.2, 0.25) is 157 Å². The molecule has 0 aromatic rings. The molecule has 0 spiro atoms. The van der Waals surface area contributed by atoms with Gasteiger partial charge in [-0.3, -0.25) is 0 Å². The van der Waals surface area contributed by atoms with E-state index in [9.17, 15) is 0 Å². The van der Waals surface area contributed by atoms with Gasteiger partial charge < -0.3 is 0 Å². The fourth-order valence-electron chi connectivity index (χ4n) is 0.500. The third kappa shape index (κ3) is 201. The second kappa shape index (κ2) is 44.1. The maximum atomic E-state index is 2.57. The molecule has 0 rings (SSSR count). The average molecular weight is 759 g/mol. The van der Waals surface area contributed by atoms with Crippen LogP contribution in [0, 0.1) is 0 Å². The summed E-state index contributed by atoms with van der Waals surface area (Å²) in [6.07, 6.45) is 0. The van der Waals surface area contributed by atoms with Crippen LogP contribution in [-0.2, 0) is 0 Å². The van der Waals surface area contributed by atoms with Crippen molar-refractivity contribution in [2.75, 3.05) is 0 Å². The van der Waals surface area contributed by atoms with Crippen molar-refractivity contribution in [2.45, 2.75) is 157 Å². The van der Waals surface area contributed by atoms with Gasteiger partial charge in [0.25, 0.3) is 0 Å². The maximum Gasteiger partial charge on any atom is 0.0379 e. The zero-order chi connectivity index (χ0) is 29.1. The molecule has 0 amide bonds. The summed E-state index contributed by atoms with van der Waals surface area (Å²) >= 11 is 0. The smallest absolute Gasteiger partial charge is 0.0379 e. The van der Waals surface area contributed by atoms with Crippen LogP contribution >= 0.6 is 0 Å². The summed E-state index contributed by atoms with van der Waals surface area (Å²) in [4.78, 5) is 0. The van der Waals surface area contributed by atoms with Gasteiger partial charge in [0.05, 0.1) is 0 Å². The molecule has 0 heterocycles.